The van der Waals surface area contributed by atoms with Crippen LogP contribution in [0.15, 0.2) is 182 Å². The fourth-order valence-corrected chi connectivity index (χ4v) is 8.10. The number of hydrogen-bond acceptors (Lipinski definition) is 1. The van der Waals surface area contributed by atoms with Crippen LogP contribution in [-0.4, -0.2) is 9.13 Å². The van der Waals surface area contributed by atoms with Gasteiger partial charge >= 0.3 is 0 Å². The average molecular weight is 687 g/mol. The fraction of sp³-hybridized carbons (Fsp3) is 0. The molecule has 0 amide bonds. The van der Waals surface area contributed by atoms with E-state index in [4.69, 9.17) is 6.57 Å². The monoisotopic (exact) mass is 686 g/mol. The van der Waals surface area contributed by atoms with E-state index >= 15 is 0 Å². The van der Waals surface area contributed by atoms with Gasteiger partial charge < -0.3 is 9.13 Å². The van der Waals surface area contributed by atoms with Crippen molar-refractivity contribution in [3.05, 3.63) is 199 Å². The molecule has 0 radical (unpaired) electrons. The summed E-state index contributed by atoms with van der Waals surface area (Å²) in [5.74, 6) is 0. The minimum atomic E-state index is 0.494. The summed E-state index contributed by atoms with van der Waals surface area (Å²) in [7, 11) is 0. The van der Waals surface area contributed by atoms with Crippen LogP contribution < -0.4 is 0 Å². The number of nitrogens with zero attached hydrogens (tertiary/aromatic N) is 4. The summed E-state index contributed by atoms with van der Waals surface area (Å²) in [4.78, 5) is 4.02. The molecule has 4 heteroatoms. The molecule has 0 unspecified atom stereocenters. The van der Waals surface area contributed by atoms with Gasteiger partial charge in [0.05, 0.1) is 40.3 Å². The van der Waals surface area contributed by atoms with Gasteiger partial charge in [-0.3, -0.25) is 0 Å². The Bertz CT molecular complexity index is 2950. The lowest BCUT2D eigenvalue weighted by Crippen LogP contribution is -1.97. The first-order chi connectivity index (χ1) is 26.7. The predicted octanol–water partition coefficient (Wildman–Crippen LogP) is 13.3. The Hall–Kier alpha value is -7.66. The third kappa shape index (κ3) is 4.90. The average Bonchev–Trinajstić information content (AvgIpc) is 3.76. The molecule has 250 valence electrons. The van der Waals surface area contributed by atoms with Gasteiger partial charge in [-0.05, 0) is 94.0 Å². The summed E-state index contributed by atoms with van der Waals surface area (Å²) in [6.45, 7) is 8.28. The van der Waals surface area contributed by atoms with Crippen molar-refractivity contribution in [1.82, 2.24) is 9.13 Å². The summed E-state index contributed by atoms with van der Waals surface area (Å²) in [6.07, 6.45) is 0. The molecule has 0 spiro atoms. The number of aromatic nitrogens is 2. The van der Waals surface area contributed by atoms with Gasteiger partial charge in [0.25, 0.3) is 0 Å². The zero-order chi connectivity index (χ0) is 36.2. The molecule has 8 aromatic carbocycles. The number of fused-ring (bicyclic) bond motifs is 6. The van der Waals surface area contributed by atoms with E-state index in [0.29, 0.717) is 11.3 Å². The summed E-state index contributed by atoms with van der Waals surface area (Å²) in [5, 5.41) is 15.2. The zero-order valence-electron chi connectivity index (χ0n) is 29.1. The fourth-order valence-electron chi connectivity index (χ4n) is 8.10. The normalized spacial score (nSPS) is 11.3. The summed E-state index contributed by atoms with van der Waals surface area (Å²) < 4.78 is 4.46. The molecular formula is C50H30N4. The Morgan fingerprint density at radius 3 is 1.39 bits per heavy atom. The second-order valence-electron chi connectivity index (χ2n) is 13.6. The minimum absolute atomic E-state index is 0.494. The molecule has 0 bridgehead atoms. The van der Waals surface area contributed by atoms with Crippen LogP contribution in [0.25, 0.3) is 93.2 Å². The second-order valence-corrected chi connectivity index (χ2v) is 13.6. The van der Waals surface area contributed by atoms with E-state index in [1.807, 2.05) is 36.4 Å². The molecule has 0 N–H and O–H groups in total. The van der Waals surface area contributed by atoms with Crippen LogP contribution in [0.4, 0.5) is 5.69 Å². The van der Waals surface area contributed by atoms with Gasteiger partial charge in [-0.25, -0.2) is 4.85 Å². The van der Waals surface area contributed by atoms with Crippen molar-refractivity contribution >= 4 is 49.3 Å². The molecule has 2 aromatic heterocycles. The zero-order valence-corrected chi connectivity index (χ0v) is 29.1. The number of para-hydroxylation sites is 2. The first kappa shape index (κ1) is 31.1. The van der Waals surface area contributed by atoms with Crippen LogP contribution in [0.3, 0.4) is 0 Å². The maximum Gasteiger partial charge on any atom is 0.197 e. The minimum Gasteiger partial charge on any atom is -0.311 e. The summed E-state index contributed by atoms with van der Waals surface area (Å²) in [5.41, 5.74) is 13.2. The van der Waals surface area contributed by atoms with Gasteiger partial charge in [0, 0.05) is 32.9 Å². The van der Waals surface area contributed by atoms with E-state index in [2.05, 4.69) is 166 Å². The molecular weight excluding hydrogens is 657 g/mol. The Labute approximate surface area is 312 Å². The number of benzene rings is 8. The summed E-state index contributed by atoms with van der Waals surface area (Å²) in [6, 6.07) is 65.3. The largest absolute Gasteiger partial charge is 0.311 e. The van der Waals surface area contributed by atoms with Crippen molar-refractivity contribution in [3.8, 4) is 50.8 Å². The number of hydrogen-bond donors (Lipinski definition) is 0. The van der Waals surface area contributed by atoms with Gasteiger partial charge in [0.2, 0.25) is 0 Å². The maximum atomic E-state index is 10.6. The van der Waals surface area contributed by atoms with Crippen molar-refractivity contribution in [2.24, 2.45) is 0 Å². The van der Waals surface area contributed by atoms with E-state index in [1.165, 1.54) is 11.1 Å². The predicted molar refractivity (Wildman–Crippen MR) is 222 cm³/mol. The van der Waals surface area contributed by atoms with Crippen molar-refractivity contribution in [2.45, 2.75) is 0 Å². The quantitative estimate of drug-likeness (QED) is 0.166. The van der Waals surface area contributed by atoms with Crippen LogP contribution in [0.5, 0.6) is 0 Å². The van der Waals surface area contributed by atoms with E-state index in [9.17, 15) is 5.26 Å². The van der Waals surface area contributed by atoms with Crippen LogP contribution >= 0.6 is 0 Å². The van der Waals surface area contributed by atoms with Crippen LogP contribution in [0.2, 0.25) is 0 Å². The third-order valence-electron chi connectivity index (χ3n) is 10.6. The molecule has 0 atom stereocenters. The number of rotatable bonds is 5. The molecule has 0 saturated carbocycles. The highest BCUT2D eigenvalue weighted by Gasteiger charge is 2.19. The molecule has 0 aliphatic rings. The molecule has 2 heterocycles. The van der Waals surface area contributed by atoms with E-state index in [-0.39, 0.29) is 0 Å². The van der Waals surface area contributed by atoms with Crippen LogP contribution in [0, 0.1) is 17.9 Å². The molecule has 0 aliphatic heterocycles. The molecule has 10 aromatic rings. The van der Waals surface area contributed by atoms with Crippen LogP contribution in [0.1, 0.15) is 5.56 Å². The van der Waals surface area contributed by atoms with Crippen LogP contribution in [-0.2, 0) is 0 Å². The first-order valence-electron chi connectivity index (χ1n) is 17.9. The standard InChI is InChI=1S/C50H30N4/c1-52-46-31-39(54-48-19-11-9-17-43(48)45-30-36(21-27-50(45)54)34-14-6-3-7-15-34)23-25-41(46)40-24-22-38(28-37(40)32-51)53-47-18-10-8-16-42(47)44-29-35(20-26-49(44)53)33-12-4-2-5-13-33/h2-31H. The van der Waals surface area contributed by atoms with Crippen molar-refractivity contribution in [1.29, 1.82) is 5.26 Å². The first-order valence-corrected chi connectivity index (χ1v) is 17.9. The number of nitriles is 1. The third-order valence-corrected chi connectivity index (χ3v) is 10.6. The smallest absolute Gasteiger partial charge is 0.197 e. The van der Waals surface area contributed by atoms with E-state index in [1.54, 1.807) is 0 Å². The maximum absolute atomic E-state index is 10.6. The molecule has 4 nitrogen and oxygen atoms in total. The van der Waals surface area contributed by atoms with Crippen molar-refractivity contribution in [3.63, 3.8) is 0 Å². The van der Waals surface area contributed by atoms with Gasteiger partial charge in [-0.2, -0.15) is 5.26 Å². The molecule has 54 heavy (non-hydrogen) atoms. The van der Waals surface area contributed by atoms with Crippen molar-refractivity contribution < 1.29 is 0 Å². The topological polar surface area (TPSA) is 38.0 Å². The molecule has 0 saturated heterocycles. The lowest BCUT2D eigenvalue weighted by Gasteiger charge is -2.14. The second kappa shape index (κ2) is 12.5. The Morgan fingerprint density at radius 2 is 0.870 bits per heavy atom. The Balaban J connectivity index is 1.09. The molecule has 0 fully saturated rings. The Morgan fingerprint density at radius 1 is 0.407 bits per heavy atom. The lowest BCUT2D eigenvalue weighted by atomic mass is 9.97. The highest BCUT2D eigenvalue weighted by molar-refractivity contribution is 6.11. The lowest BCUT2D eigenvalue weighted by molar-refractivity contribution is 1.17. The van der Waals surface area contributed by atoms with E-state index < -0.39 is 0 Å². The van der Waals surface area contributed by atoms with Gasteiger partial charge in [-0.15, -0.1) is 0 Å². The SMILES string of the molecule is [C-]#[N+]c1cc(-n2c3ccccc3c3cc(-c4ccccc4)ccc32)ccc1-c1ccc(-n2c3ccccc3c3cc(-c4ccccc4)ccc32)cc1C#N. The Kier molecular flexibility index (Phi) is 7.22. The summed E-state index contributed by atoms with van der Waals surface area (Å²) >= 11 is 0. The molecule has 10 rings (SSSR count). The van der Waals surface area contributed by atoms with E-state index in [0.717, 1.165) is 77.2 Å². The highest BCUT2D eigenvalue weighted by Crippen LogP contribution is 2.41. The highest BCUT2D eigenvalue weighted by atomic mass is 15.0. The van der Waals surface area contributed by atoms with Crippen molar-refractivity contribution in [2.75, 3.05) is 0 Å². The van der Waals surface area contributed by atoms with Gasteiger partial charge in [0.15, 0.2) is 5.69 Å². The van der Waals surface area contributed by atoms with Gasteiger partial charge in [0.1, 0.15) is 0 Å². The molecule has 0 aliphatic carbocycles. The van der Waals surface area contributed by atoms with Gasteiger partial charge in [-0.1, -0.05) is 121 Å².